The van der Waals surface area contributed by atoms with Crippen LogP contribution in [0.3, 0.4) is 0 Å². The Morgan fingerprint density at radius 2 is 1.87 bits per heavy atom. The zero-order valence-electron chi connectivity index (χ0n) is 17.7. The summed E-state index contributed by atoms with van der Waals surface area (Å²) in [5, 5.41) is 0. The third-order valence-corrected chi connectivity index (χ3v) is 5.44. The van der Waals surface area contributed by atoms with E-state index in [1.54, 1.807) is 23.2 Å². The number of aromatic nitrogens is 2. The lowest BCUT2D eigenvalue weighted by atomic mass is 10.2. The second kappa shape index (κ2) is 9.12. The number of hydrogen-bond donors (Lipinski definition) is 0. The molecule has 0 saturated carbocycles. The van der Waals surface area contributed by atoms with E-state index < -0.39 is 0 Å². The Kier molecular flexibility index (Phi) is 6.11. The number of fused-ring (bicyclic) bond motifs is 1. The lowest BCUT2D eigenvalue weighted by Crippen LogP contribution is -2.31. The van der Waals surface area contributed by atoms with Gasteiger partial charge >= 0.3 is 0 Å². The molecular formula is C24H25FN4O2. The molecule has 0 unspecified atom stereocenters. The van der Waals surface area contributed by atoms with Crippen LogP contribution in [0.15, 0.2) is 54.7 Å². The van der Waals surface area contributed by atoms with Gasteiger partial charge in [-0.2, -0.15) is 4.98 Å². The average molecular weight is 420 g/mol. The summed E-state index contributed by atoms with van der Waals surface area (Å²) in [6.07, 6.45) is 2.45. The Hall–Kier alpha value is -3.48. The van der Waals surface area contributed by atoms with E-state index in [0.29, 0.717) is 24.6 Å². The van der Waals surface area contributed by atoms with Crippen LogP contribution >= 0.6 is 0 Å². The third-order valence-electron chi connectivity index (χ3n) is 5.44. The Bertz CT molecular complexity index is 1070. The van der Waals surface area contributed by atoms with Gasteiger partial charge in [-0.3, -0.25) is 4.79 Å². The van der Waals surface area contributed by atoms with Crippen LogP contribution in [-0.4, -0.2) is 40.4 Å². The van der Waals surface area contributed by atoms with Crippen molar-refractivity contribution < 1.29 is 13.9 Å². The molecule has 0 aliphatic carbocycles. The van der Waals surface area contributed by atoms with Gasteiger partial charge in [0.1, 0.15) is 18.0 Å². The van der Waals surface area contributed by atoms with Crippen LogP contribution in [0.5, 0.6) is 5.88 Å². The molecule has 31 heavy (non-hydrogen) atoms. The second-order valence-electron chi connectivity index (χ2n) is 7.31. The zero-order chi connectivity index (χ0) is 21.8. The van der Waals surface area contributed by atoms with Gasteiger partial charge < -0.3 is 14.5 Å². The average Bonchev–Trinajstić information content (AvgIpc) is 3.23. The van der Waals surface area contributed by atoms with E-state index >= 15 is 0 Å². The number of ether oxygens (including phenoxy) is 1. The third kappa shape index (κ3) is 4.35. The summed E-state index contributed by atoms with van der Waals surface area (Å²) < 4.78 is 19.2. The summed E-state index contributed by atoms with van der Waals surface area (Å²) in [4.78, 5) is 25.9. The molecule has 0 bridgehead atoms. The van der Waals surface area contributed by atoms with Crippen molar-refractivity contribution in [1.82, 2.24) is 14.9 Å². The quantitative estimate of drug-likeness (QED) is 0.568. The number of rotatable bonds is 7. The number of halogens is 1. The van der Waals surface area contributed by atoms with E-state index in [1.807, 2.05) is 36.9 Å². The minimum absolute atomic E-state index is 0.172. The van der Waals surface area contributed by atoms with Gasteiger partial charge in [0.25, 0.3) is 5.91 Å². The molecule has 2 aromatic carbocycles. The van der Waals surface area contributed by atoms with E-state index in [1.165, 1.54) is 17.7 Å². The van der Waals surface area contributed by atoms with Crippen LogP contribution in [0.2, 0.25) is 0 Å². The van der Waals surface area contributed by atoms with Crippen molar-refractivity contribution in [1.29, 1.82) is 0 Å². The molecule has 160 valence electrons. The van der Waals surface area contributed by atoms with E-state index in [4.69, 9.17) is 4.74 Å². The summed E-state index contributed by atoms with van der Waals surface area (Å²) in [6, 6.07) is 14.2. The molecule has 0 atom stereocenters. The standard InChI is InChI=1S/C24H25FN4O2/c1-3-28(4-2)23(30)20-15-26-24(29-14-13-18-7-5-6-8-21(18)29)27-22(20)31-16-17-9-11-19(25)12-10-17/h5-12,15H,3-4,13-14,16H2,1-2H3. The van der Waals surface area contributed by atoms with Crippen LogP contribution < -0.4 is 9.64 Å². The van der Waals surface area contributed by atoms with Crippen LogP contribution in [0.25, 0.3) is 0 Å². The smallest absolute Gasteiger partial charge is 0.260 e. The summed E-state index contributed by atoms with van der Waals surface area (Å²) in [5.41, 5.74) is 3.41. The van der Waals surface area contributed by atoms with E-state index in [9.17, 15) is 9.18 Å². The molecular weight excluding hydrogens is 395 g/mol. The Balaban J connectivity index is 1.67. The van der Waals surface area contributed by atoms with Gasteiger partial charge in [0, 0.05) is 31.5 Å². The van der Waals surface area contributed by atoms with E-state index in [-0.39, 0.29) is 24.2 Å². The lowest BCUT2D eigenvalue weighted by Gasteiger charge is -2.22. The molecule has 0 spiro atoms. The summed E-state index contributed by atoms with van der Waals surface area (Å²) in [7, 11) is 0. The topological polar surface area (TPSA) is 58.6 Å². The Morgan fingerprint density at radius 1 is 1.13 bits per heavy atom. The van der Waals surface area contributed by atoms with Crippen molar-refractivity contribution in [2.45, 2.75) is 26.9 Å². The first kappa shape index (κ1) is 20.8. The number of hydrogen-bond acceptors (Lipinski definition) is 5. The fourth-order valence-electron chi connectivity index (χ4n) is 3.70. The first-order chi connectivity index (χ1) is 15.1. The first-order valence-corrected chi connectivity index (χ1v) is 10.5. The van der Waals surface area contributed by atoms with Crippen molar-refractivity contribution in [3.05, 3.63) is 77.2 Å². The van der Waals surface area contributed by atoms with Gasteiger partial charge in [-0.25, -0.2) is 9.37 Å². The molecule has 1 aliphatic rings. The highest BCUT2D eigenvalue weighted by molar-refractivity contribution is 5.96. The monoisotopic (exact) mass is 420 g/mol. The molecule has 3 aromatic rings. The van der Waals surface area contributed by atoms with Gasteiger partial charge in [0.15, 0.2) is 0 Å². The predicted octanol–water partition coefficient (Wildman–Crippen LogP) is 4.37. The molecule has 0 fully saturated rings. The van der Waals surface area contributed by atoms with Crippen LogP contribution in [0.4, 0.5) is 16.0 Å². The Labute approximate surface area is 181 Å². The number of para-hydroxylation sites is 1. The summed E-state index contributed by atoms with van der Waals surface area (Å²) in [5.74, 6) is 0.247. The fourth-order valence-corrected chi connectivity index (χ4v) is 3.70. The molecule has 6 nitrogen and oxygen atoms in total. The molecule has 1 aromatic heterocycles. The Morgan fingerprint density at radius 3 is 2.61 bits per heavy atom. The molecule has 0 radical (unpaired) electrons. The van der Waals surface area contributed by atoms with Crippen molar-refractivity contribution in [2.24, 2.45) is 0 Å². The van der Waals surface area contributed by atoms with Gasteiger partial charge in [0.2, 0.25) is 11.8 Å². The SMILES string of the molecule is CCN(CC)C(=O)c1cnc(N2CCc3ccccc32)nc1OCc1ccc(F)cc1. The minimum Gasteiger partial charge on any atom is -0.472 e. The van der Waals surface area contributed by atoms with Gasteiger partial charge in [-0.05, 0) is 49.6 Å². The number of carbonyl (C=O) groups excluding carboxylic acids is 1. The molecule has 0 saturated heterocycles. The van der Waals surface area contributed by atoms with Crippen molar-refractivity contribution >= 4 is 17.5 Å². The van der Waals surface area contributed by atoms with Crippen molar-refractivity contribution in [3.8, 4) is 5.88 Å². The maximum absolute atomic E-state index is 13.2. The van der Waals surface area contributed by atoms with Crippen LogP contribution in [0.1, 0.15) is 35.3 Å². The number of benzene rings is 2. The van der Waals surface area contributed by atoms with Crippen molar-refractivity contribution in [3.63, 3.8) is 0 Å². The maximum atomic E-state index is 13.2. The highest BCUT2D eigenvalue weighted by Gasteiger charge is 2.25. The van der Waals surface area contributed by atoms with Crippen LogP contribution in [0, 0.1) is 5.82 Å². The highest BCUT2D eigenvalue weighted by Crippen LogP contribution is 2.33. The molecule has 0 N–H and O–H groups in total. The summed E-state index contributed by atoms with van der Waals surface area (Å²) >= 11 is 0. The number of amides is 1. The molecule has 1 amide bonds. The number of anilines is 2. The molecule has 1 aliphatic heterocycles. The van der Waals surface area contributed by atoms with Crippen LogP contribution in [-0.2, 0) is 13.0 Å². The van der Waals surface area contributed by atoms with Gasteiger partial charge in [0.05, 0.1) is 0 Å². The normalized spacial score (nSPS) is 12.5. The number of carbonyl (C=O) groups is 1. The minimum atomic E-state index is -0.307. The number of nitrogens with zero attached hydrogens (tertiary/aromatic N) is 4. The first-order valence-electron chi connectivity index (χ1n) is 10.5. The lowest BCUT2D eigenvalue weighted by molar-refractivity contribution is 0.0766. The molecule has 7 heteroatoms. The maximum Gasteiger partial charge on any atom is 0.260 e. The van der Waals surface area contributed by atoms with Gasteiger partial charge in [-0.15, -0.1) is 0 Å². The molecule has 4 rings (SSSR count). The zero-order valence-corrected chi connectivity index (χ0v) is 17.7. The largest absolute Gasteiger partial charge is 0.472 e. The highest BCUT2D eigenvalue weighted by atomic mass is 19.1. The fraction of sp³-hybridized carbons (Fsp3) is 0.292. The van der Waals surface area contributed by atoms with Crippen molar-refractivity contribution in [2.75, 3.05) is 24.5 Å². The molecule has 2 heterocycles. The summed E-state index contributed by atoms with van der Waals surface area (Å²) in [6.45, 7) is 5.95. The van der Waals surface area contributed by atoms with E-state index in [2.05, 4.69) is 16.0 Å². The van der Waals surface area contributed by atoms with E-state index in [0.717, 1.165) is 24.2 Å². The van der Waals surface area contributed by atoms with Gasteiger partial charge in [-0.1, -0.05) is 30.3 Å². The second-order valence-corrected chi connectivity index (χ2v) is 7.31. The predicted molar refractivity (Wildman–Crippen MR) is 117 cm³/mol.